The third-order valence-electron chi connectivity index (χ3n) is 2.91. The Bertz CT molecular complexity index is 365. The first-order valence-corrected chi connectivity index (χ1v) is 5.10. The summed E-state index contributed by atoms with van der Waals surface area (Å²) >= 11 is 0. The van der Waals surface area contributed by atoms with Gasteiger partial charge in [0.1, 0.15) is 0 Å². The zero-order valence-corrected chi connectivity index (χ0v) is 9.69. The highest BCUT2D eigenvalue weighted by atomic mass is 16.5. The third-order valence-corrected chi connectivity index (χ3v) is 2.91. The Balaban J connectivity index is 3.27. The Morgan fingerprint density at radius 3 is 2.18 bits per heavy atom. The van der Waals surface area contributed by atoms with E-state index in [1.165, 1.54) is 0 Å². The minimum Gasteiger partial charge on any atom is -0.478 e. The second-order valence-corrected chi connectivity index (χ2v) is 3.75. The predicted octanol–water partition coefficient (Wildman–Crippen LogP) is 0.514. The van der Waals surface area contributed by atoms with Crippen molar-refractivity contribution in [2.24, 2.45) is 5.41 Å². The molecule has 0 spiro atoms. The Labute approximate surface area is 98.2 Å². The van der Waals surface area contributed by atoms with E-state index in [0.717, 1.165) is 20.3 Å². The molecule has 0 heterocycles. The monoisotopic (exact) mass is 242 g/mol. The van der Waals surface area contributed by atoms with Gasteiger partial charge in [-0.2, -0.15) is 0 Å². The largest absolute Gasteiger partial charge is 0.478 e. The summed E-state index contributed by atoms with van der Waals surface area (Å²) in [6.45, 7) is 0. The summed E-state index contributed by atoms with van der Waals surface area (Å²) in [4.78, 5) is 34.2. The highest BCUT2D eigenvalue weighted by Crippen LogP contribution is 2.44. The van der Waals surface area contributed by atoms with Crippen LogP contribution in [0.15, 0.2) is 11.6 Å². The molecular formula is C11H14O6. The Hall–Kier alpha value is -1.85. The highest BCUT2D eigenvalue weighted by molar-refractivity contribution is 6.05. The van der Waals surface area contributed by atoms with Crippen molar-refractivity contribution in [1.29, 1.82) is 0 Å². The first-order chi connectivity index (χ1) is 7.98. The first kappa shape index (κ1) is 13.2. The van der Waals surface area contributed by atoms with Crippen LogP contribution < -0.4 is 0 Å². The molecule has 0 saturated heterocycles. The number of aliphatic carboxylic acids is 1. The second-order valence-electron chi connectivity index (χ2n) is 3.75. The van der Waals surface area contributed by atoms with Gasteiger partial charge in [0.15, 0.2) is 5.41 Å². The molecule has 6 heteroatoms. The first-order valence-electron chi connectivity index (χ1n) is 5.10. The zero-order valence-electron chi connectivity index (χ0n) is 9.69. The summed E-state index contributed by atoms with van der Waals surface area (Å²) in [5, 5.41) is 8.73. The molecule has 0 amide bonds. The summed E-state index contributed by atoms with van der Waals surface area (Å²) < 4.78 is 9.20. The molecule has 1 aliphatic carbocycles. The van der Waals surface area contributed by atoms with E-state index in [-0.39, 0.29) is 12.0 Å². The minimum absolute atomic E-state index is 0.214. The number of esters is 2. The summed E-state index contributed by atoms with van der Waals surface area (Å²) in [6, 6.07) is 0. The predicted molar refractivity (Wildman–Crippen MR) is 56.0 cm³/mol. The van der Waals surface area contributed by atoms with E-state index in [1.807, 2.05) is 0 Å². The molecule has 0 atom stereocenters. The smallest absolute Gasteiger partial charge is 0.328 e. The maximum absolute atomic E-state index is 11.8. The standard InChI is InChI=1S/C11H14O6/c1-16-9(14)11(10(15)17-2)5-3-4-7(11)6-8(12)13/h6H,3-5H2,1-2H3,(H,12,13)/b7-6+. The van der Waals surface area contributed by atoms with E-state index in [0.29, 0.717) is 12.8 Å². The number of rotatable bonds is 3. The molecule has 17 heavy (non-hydrogen) atoms. The van der Waals surface area contributed by atoms with Crippen LogP contribution in [0.2, 0.25) is 0 Å². The fourth-order valence-corrected chi connectivity index (χ4v) is 2.16. The number of carboxylic acids is 1. The van der Waals surface area contributed by atoms with Gasteiger partial charge in [-0.15, -0.1) is 0 Å². The number of ether oxygens (including phenoxy) is 2. The molecule has 1 fully saturated rings. The summed E-state index contributed by atoms with van der Waals surface area (Å²) in [5.41, 5.74) is -1.34. The van der Waals surface area contributed by atoms with Gasteiger partial charge in [-0.1, -0.05) is 0 Å². The molecule has 1 aliphatic rings. The Morgan fingerprint density at radius 2 is 1.76 bits per heavy atom. The maximum atomic E-state index is 11.8. The molecule has 0 bridgehead atoms. The third kappa shape index (κ3) is 2.15. The van der Waals surface area contributed by atoms with Gasteiger partial charge in [-0.05, 0) is 24.8 Å². The quantitative estimate of drug-likeness (QED) is 0.440. The van der Waals surface area contributed by atoms with E-state index >= 15 is 0 Å². The van der Waals surface area contributed by atoms with Gasteiger partial charge < -0.3 is 14.6 Å². The van der Waals surface area contributed by atoms with Crippen LogP contribution in [0.4, 0.5) is 0 Å². The summed E-state index contributed by atoms with van der Waals surface area (Å²) in [6.07, 6.45) is 2.02. The van der Waals surface area contributed by atoms with Crippen LogP contribution in [0.1, 0.15) is 19.3 Å². The lowest BCUT2D eigenvalue weighted by atomic mass is 9.82. The molecule has 1 rings (SSSR count). The van der Waals surface area contributed by atoms with Gasteiger partial charge in [0.2, 0.25) is 0 Å². The van der Waals surface area contributed by atoms with E-state index in [4.69, 9.17) is 5.11 Å². The van der Waals surface area contributed by atoms with E-state index in [2.05, 4.69) is 9.47 Å². The number of carbonyl (C=O) groups is 3. The van der Waals surface area contributed by atoms with Crippen molar-refractivity contribution in [3.8, 4) is 0 Å². The lowest BCUT2D eigenvalue weighted by Crippen LogP contribution is -2.40. The van der Waals surface area contributed by atoms with Crippen molar-refractivity contribution in [3.05, 3.63) is 11.6 Å². The fraction of sp³-hybridized carbons (Fsp3) is 0.545. The number of carboxylic acid groups (broad SMARTS) is 1. The van der Waals surface area contributed by atoms with Crippen molar-refractivity contribution < 1.29 is 29.0 Å². The van der Waals surface area contributed by atoms with Gasteiger partial charge in [0.25, 0.3) is 0 Å². The van der Waals surface area contributed by atoms with Gasteiger partial charge in [-0.25, -0.2) is 4.79 Å². The van der Waals surface area contributed by atoms with Crippen molar-refractivity contribution in [2.75, 3.05) is 14.2 Å². The zero-order chi connectivity index (χ0) is 13.1. The van der Waals surface area contributed by atoms with Gasteiger partial charge in [0.05, 0.1) is 14.2 Å². The topological polar surface area (TPSA) is 89.9 Å². The van der Waals surface area contributed by atoms with Crippen LogP contribution in [-0.4, -0.2) is 37.2 Å². The van der Waals surface area contributed by atoms with Crippen LogP contribution in [-0.2, 0) is 23.9 Å². The van der Waals surface area contributed by atoms with Crippen LogP contribution in [0, 0.1) is 5.41 Å². The van der Waals surface area contributed by atoms with E-state index in [1.54, 1.807) is 0 Å². The molecule has 0 aromatic heterocycles. The number of hydrogen-bond donors (Lipinski definition) is 1. The van der Waals surface area contributed by atoms with E-state index in [9.17, 15) is 14.4 Å². The molecule has 0 radical (unpaired) electrons. The molecule has 0 aliphatic heterocycles. The van der Waals surface area contributed by atoms with Gasteiger partial charge in [0, 0.05) is 6.08 Å². The summed E-state index contributed by atoms with van der Waals surface area (Å²) in [5.74, 6) is -2.73. The van der Waals surface area contributed by atoms with E-state index < -0.39 is 23.3 Å². The fourth-order valence-electron chi connectivity index (χ4n) is 2.16. The summed E-state index contributed by atoms with van der Waals surface area (Å²) in [7, 11) is 2.31. The molecule has 0 unspecified atom stereocenters. The van der Waals surface area contributed by atoms with Crippen molar-refractivity contribution in [2.45, 2.75) is 19.3 Å². The Kier molecular flexibility index (Phi) is 3.88. The average Bonchev–Trinajstić information content (AvgIpc) is 2.70. The number of hydrogen-bond acceptors (Lipinski definition) is 5. The van der Waals surface area contributed by atoms with Gasteiger partial charge in [-0.3, -0.25) is 9.59 Å². The van der Waals surface area contributed by atoms with Crippen LogP contribution >= 0.6 is 0 Å². The SMILES string of the molecule is COC(=O)C1(C(=O)OC)CCC/C1=C\C(=O)O. The van der Waals surface area contributed by atoms with Crippen molar-refractivity contribution in [1.82, 2.24) is 0 Å². The average molecular weight is 242 g/mol. The normalized spacial score (nSPS) is 20.0. The second kappa shape index (κ2) is 4.99. The molecule has 1 N–H and O–H groups in total. The maximum Gasteiger partial charge on any atom is 0.328 e. The lowest BCUT2D eigenvalue weighted by molar-refractivity contribution is -0.165. The van der Waals surface area contributed by atoms with Gasteiger partial charge >= 0.3 is 17.9 Å². The number of carbonyl (C=O) groups excluding carboxylic acids is 2. The van der Waals surface area contributed by atoms with Crippen LogP contribution in [0.5, 0.6) is 0 Å². The molecule has 0 aromatic carbocycles. The minimum atomic E-state index is -1.58. The van der Waals surface area contributed by atoms with Crippen LogP contribution in [0.25, 0.3) is 0 Å². The lowest BCUT2D eigenvalue weighted by Gasteiger charge is -2.24. The van der Waals surface area contributed by atoms with Crippen molar-refractivity contribution >= 4 is 17.9 Å². The molecule has 94 valence electrons. The molecular weight excluding hydrogens is 228 g/mol. The highest BCUT2D eigenvalue weighted by Gasteiger charge is 2.54. The van der Waals surface area contributed by atoms with Crippen LogP contribution in [0.3, 0.4) is 0 Å². The molecule has 1 saturated carbocycles. The van der Waals surface area contributed by atoms with Crippen molar-refractivity contribution in [3.63, 3.8) is 0 Å². The molecule has 0 aromatic rings. The Morgan fingerprint density at radius 1 is 1.24 bits per heavy atom. The number of methoxy groups -OCH3 is 2. The molecule has 6 nitrogen and oxygen atoms in total.